The third-order valence-electron chi connectivity index (χ3n) is 4.63. The summed E-state index contributed by atoms with van der Waals surface area (Å²) in [4.78, 5) is 12.0. The van der Waals surface area contributed by atoms with Crippen LogP contribution in [0.2, 0.25) is 0 Å². The standard InChI is InChI=1S/C19H23F3N4OS.HI/c1-12-13(2)28-17(25-12)10-24-18(23-3)26-7-8-27-16(11-26)14-5-4-6-15(9-14)19(20,21)22;/h4-6,9,16H,7-8,10-11H2,1-3H3,(H,23,24);1H. The molecule has 0 aliphatic carbocycles. The van der Waals surface area contributed by atoms with Crippen molar-refractivity contribution in [1.29, 1.82) is 0 Å². The molecular formula is C19H24F3IN4OS. The van der Waals surface area contributed by atoms with E-state index in [1.54, 1.807) is 24.5 Å². The molecule has 1 aliphatic heterocycles. The van der Waals surface area contributed by atoms with E-state index < -0.39 is 17.8 Å². The van der Waals surface area contributed by atoms with Gasteiger partial charge in [0.1, 0.15) is 11.1 Å². The van der Waals surface area contributed by atoms with E-state index in [1.165, 1.54) is 10.9 Å². The van der Waals surface area contributed by atoms with Crippen molar-refractivity contribution in [2.75, 3.05) is 26.7 Å². The molecule has 1 N–H and O–H groups in total. The molecule has 0 radical (unpaired) electrons. The van der Waals surface area contributed by atoms with Crippen molar-refractivity contribution in [3.8, 4) is 0 Å². The Morgan fingerprint density at radius 2 is 2.14 bits per heavy atom. The van der Waals surface area contributed by atoms with Crippen molar-refractivity contribution in [3.05, 3.63) is 51.0 Å². The van der Waals surface area contributed by atoms with Crippen molar-refractivity contribution in [1.82, 2.24) is 15.2 Å². The number of morpholine rings is 1. The summed E-state index contributed by atoms with van der Waals surface area (Å²) in [6.07, 6.45) is -4.81. The number of rotatable bonds is 3. The fraction of sp³-hybridized carbons (Fsp3) is 0.474. The first-order chi connectivity index (χ1) is 13.3. The summed E-state index contributed by atoms with van der Waals surface area (Å²) < 4.78 is 44.7. The normalized spacial score (nSPS) is 17.8. The molecule has 0 saturated carbocycles. The Morgan fingerprint density at radius 1 is 1.38 bits per heavy atom. The maximum Gasteiger partial charge on any atom is 0.416 e. The van der Waals surface area contributed by atoms with Gasteiger partial charge in [0.05, 0.1) is 31.0 Å². The number of halogens is 4. The van der Waals surface area contributed by atoms with Crippen molar-refractivity contribution >= 4 is 41.3 Å². The van der Waals surface area contributed by atoms with E-state index in [0.717, 1.165) is 22.8 Å². The Bertz CT molecular complexity index is 837. The Labute approximate surface area is 189 Å². The molecule has 29 heavy (non-hydrogen) atoms. The first kappa shape index (κ1) is 23.9. The summed E-state index contributed by atoms with van der Waals surface area (Å²) >= 11 is 1.64. The van der Waals surface area contributed by atoms with Gasteiger partial charge in [-0.25, -0.2) is 4.98 Å². The van der Waals surface area contributed by atoms with Crippen molar-refractivity contribution in [3.63, 3.8) is 0 Å². The molecule has 1 fully saturated rings. The molecule has 1 unspecified atom stereocenters. The molecule has 0 spiro atoms. The number of nitrogens with one attached hydrogen (secondary N) is 1. The minimum absolute atomic E-state index is 0. The molecule has 5 nitrogen and oxygen atoms in total. The van der Waals surface area contributed by atoms with Gasteiger partial charge in [0.25, 0.3) is 0 Å². The molecule has 1 saturated heterocycles. The number of aryl methyl sites for hydroxylation is 2. The molecular weight excluding hydrogens is 516 g/mol. The van der Waals surface area contributed by atoms with E-state index in [1.807, 2.05) is 18.7 Å². The Kier molecular flexibility index (Phi) is 8.29. The monoisotopic (exact) mass is 540 g/mol. The van der Waals surface area contributed by atoms with E-state index in [0.29, 0.717) is 37.8 Å². The van der Waals surface area contributed by atoms with Crippen LogP contribution >= 0.6 is 35.3 Å². The average Bonchev–Trinajstić information content (AvgIpc) is 2.99. The Hall–Kier alpha value is -1.40. The second-order valence-corrected chi connectivity index (χ2v) is 7.87. The fourth-order valence-corrected chi connectivity index (χ4v) is 3.93. The Balaban J connectivity index is 0.00000300. The van der Waals surface area contributed by atoms with Gasteiger partial charge < -0.3 is 15.0 Å². The lowest BCUT2D eigenvalue weighted by Crippen LogP contribution is -2.48. The summed E-state index contributed by atoms with van der Waals surface area (Å²) in [6, 6.07) is 5.31. The van der Waals surface area contributed by atoms with Crippen LogP contribution in [0.15, 0.2) is 29.3 Å². The van der Waals surface area contributed by atoms with Crippen LogP contribution in [0, 0.1) is 13.8 Å². The molecule has 160 valence electrons. The summed E-state index contributed by atoms with van der Waals surface area (Å²) in [5, 5.41) is 4.26. The number of thiazole rings is 1. The van der Waals surface area contributed by atoms with Crippen LogP contribution in [0.5, 0.6) is 0 Å². The molecule has 1 atom stereocenters. The number of benzene rings is 1. The molecule has 1 aliphatic rings. The Morgan fingerprint density at radius 3 is 2.76 bits per heavy atom. The number of ether oxygens (including phenoxy) is 1. The lowest BCUT2D eigenvalue weighted by molar-refractivity contribution is -0.137. The summed E-state index contributed by atoms with van der Waals surface area (Å²) in [7, 11) is 1.69. The average molecular weight is 540 g/mol. The van der Waals surface area contributed by atoms with E-state index in [9.17, 15) is 13.2 Å². The molecule has 10 heteroatoms. The van der Waals surface area contributed by atoms with E-state index >= 15 is 0 Å². The van der Waals surface area contributed by atoms with Crippen LogP contribution in [-0.2, 0) is 17.5 Å². The molecule has 3 rings (SSSR count). The third kappa shape index (κ3) is 6.05. The van der Waals surface area contributed by atoms with Gasteiger partial charge in [-0.3, -0.25) is 4.99 Å². The maximum atomic E-state index is 13.0. The number of hydrogen-bond acceptors (Lipinski definition) is 4. The molecule has 1 aromatic heterocycles. The van der Waals surface area contributed by atoms with Crippen molar-refractivity contribution in [2.24, 2.45) is 4.99 Å². The number of guanidine groups is 1. The summed E-state index contributed by atoms with van der Waals surface area (Å²) in [5.41, 5.74) is 0.872. The van der Waals surface area contributed by atoms with Crippen molar-refractivity contribution < 1.29 is 17.9 Å². The lowest BCUT2D eigenvalue weighted by Gasteiger charge is -2.35. The fourth-order valence-electron chi connectivity index (χ4n) is 3.06. The minimum Gasteiger partial charge on any atom is -0.370 e. The highest BCUT2D eigenvalue weighted by Gasteiger charge is 2.32. The van der Waals surface area contributed by atoms with E-state index in [2.05, 4.69) is 15.3 Å². The number of aromatic nitrogens is 1. The second kappa shape index (κ2) is 10.1. The smallest absolute Gasteiger partial charge is 0.370 e. The third-order valence-corrected chi connectivity index (χ3v) is 5.71. The highest BCUT2D eigenvalue weighted by Crippen LogP contribution is 2.32. The van der Waals surface area contributed by atoms with Gasteiger partial charge in [-0.2, -0.15) is 13.2 Å². The summed E-state index contributed by atoms with van der Waals surface area (Å²) in [5.74, 6) is 0.686. The van der Waals surface area contributed by atoms with Gasteiger partial charge in [-0.15, -0.1) is 35.3 Å². The van der Waals surface area contributed by atoms with Crippen LogP contribution < -0.4 is 5.32 Å². The first-order valence-corrected chi connectivity index (χ1v) is 9.77. The van der Waals surface area contributed by atoms with Crippen molar-refractivity contribution in [2.45, 2.75) is 32.7 Å². The van der Waals surface area contributed by atoms with Crippen LogP contribution in [0.4, 0.5) is 13.2 Å². The SMILES string of the molecule is CN=C(NCc1nc(C)c(C)s1)N1CCOC(c2cccc(C(F)(F)F)c2)C1.I. The van der Waals surface area contributed by atoms with Gasteiger partial charge in [-0.1, -0.05) is 12.1 Å². The van der Waals surface area contributed by atoms with Gasteiger partial charge in [-0.05, 0) is 31.5 Å². The van der Waals surface area contributed by atoms with Gasteiger partial charge in [0.2, 0.25) is 0 Å². The van der Waals surface area contributed by atoms with Gasteiger partial charge >= 0.3 is 6.18 Å². The predicted octanol–water partition coefficient (Wildman–Crippen LogP) is 4.55. The zero-order valence-electron chi connectivity index (χ0n) is 16.4. The lowest BCUT2D eigenvalue weighted by atomic mass is 10.0. The van der Waals surface area contributed by atoms with Crippen LogP contribution in [0.3, 0.4) is 0 Å². The van der Waals surface area contributed by atoms with Crippen LogP contribution in [0.1, 0.15) is 32.8 Å². The number of hydrogen-bond donors (Lipinski definition) is 1. The number of aliphatic imine (C=N–C) groups is 1. The maximum absolute atomic E-state index is 13.0. The number of nitrogens with zero attached hydrogens (tertiary/aromatic N) is 3. The summed E-state index contributed by atoms with van der Waals surface area (Å²) in [6.45, 7) is 6.02. The van der Waals surface area contributed by atoms with Gasteiger partial charge in [0.15, 0.2) is 5.96 Å². The molecule has 2 heterocycles. The topological polar surface area (TPSA) is 49.8 Å². The quantitative estimate of drug-likeness (QED) is 0.353. The predicted molar refractivity (Wildman–Crippen MR) is 119 cm³/mol. The largest absolute Gasteiger partial charge is 0.416 e. The van der Waals surface area contributed by atoms with E-state index in [4.69, 9.17) is 4.74 Å². The van der Waals surface area contributed by atoms with Crippen LogP contribution in [-0.4, -0.2) is 42.6 Å². The highest BCUT2D eigenvalue weighted by atomic mass is 127. The molecule has 2 aromatic rings. The van der Waals surface area contributed by atoms with Gasteiger partial charge in [0, 0.05) is 18.5 Å². The molecule has 0 amide bonds. The zero-order chi connectivity index (χ0) is 20.3. The zero-order valence-corrected chi connectivity index (χ0v) is 19.6. The first-order valence-electron chi connectivity index (χ1n) is 8.95. The minimum atomic E-state index is -4.37. The van der Waals surface area contributed by atoms with E-state index in [-0.39, 0.29) is 24.0 Å². The van der Waals surface area contributed by atoms with Crippen LogP contribution in [0.25, 0.3) is 0 Å². The second-order valence-electron chi connectivity index (χ2n) is 6.58. The molecule has 1 aromatic carbocycles. The highest BCUT2D eigenvalue weighted by molar-refractivity contribution is 14.0. The molecule has 0 bridgehead atoms. The number of alkyl halides is 3.